The Morgan fingerprint density at radius 2 is 2.08 bits per heavy atom. The second-order valence-corrected chi connectivity index (χ2v) is 6.20. The average molecular weight is 355 g/mol. The smallest absolute Gasteiger partial charge is 0.254 e. The monoisotopic (exact) mass is 355 g/mol. The van der Waals surface area contributed by atoms with E-state index in [-0.39, 0.29) is 18.2 Å². The van der Waals surface area contributed by atoms with Gasteiger partial charge >= 0.3 is 0 Å². The number of benzene rings is 1. The molecule has 2 heterocycles. The molecule has 1 aliphatic heterocycles. The zero-order valence-electron chi connectivity index (χ0n) is 14.7. The first-order valence-electron chi connectivity index (χ1n) is 8.52. The first kappa shape index (κ1) is 17.7. The number of para-hydroxylation sites is 1. The molecule has 8 heteroatoms. The lowest BCUT2D eigenvalue weighted by Gasteiger charge is -2.14. The van der Waals surface area contributed by atoms with Gasteiger partial charge in [-0.1, -0.05) is 19.1 Å². The lowest BCUT2D eigenvalue weighted by atomic mass is 10.1. The minimum atomic E-state index is -0.944. The van der Waals surface area contributed by atoms with Gasteiger partial charge in [-0.3, -0.25) is 19.1 Å². The first-order chi connectivity index (χ1) is 12.5. The van der Waals surface area contributed by atoms with Crippen LogP contribution in [0.4, 0.5) is 11.4 Å². The van der Waals surface area contributed by atoms with Crippen molar-refractivity contribution in [2.75, 3.05) is 10.6 Å². The zero-order chi connectivity index (χ0) is 18.7. The molecular weight excluding hydrogens is 334 g/mol. The van der Waals surface area contributed by atoms with Crippen LogP contribution < -0.4 is 16.0 Å². The van der Waals surface area contributed by atoms with Gasteiger partial charge in [-0.05, 0) is 25.5 Å². The largest absolute Gasteiger partial charge is 0.340 e. The molecule has 136 valence electrons. The van der Waals surface area contributed by atoms with E-state index >= 15 is 0 Å². The van der Waals surface area contributed by atoms with Crippen LogP contribution >= 0.6 is 0 Å². The molecule has 26 heavy (non-hydrogen) atoms. The van der Waals surface area contributed by atoms with Crippen LogP contribution in [0.2, 0.25) is 0 Å². The summed E-state index contributed by atoms with van der Waals surface area (Å²) in [5.41, 5.74) is 2.12. The summed E-state index contributed by atoms with van der Waals surface area (Å²) in [4.78, 5) is 37.0. The van der Waals surface area contributed by atoms with Crippen molar-refractivity contribution in [1.29, 1.82) is 0 Å². The molecule has 0 bridgehead atoms. The highest BCUT2D eigenvalue weighted by Gasteiger charge is 2.29. The maximum Gasteiger partial charge on any atom is 0.254 e. The van der Waals surface area contributed by atoms with Crippen LogP contribution in [-0.4, -0.2) is 33.5 Å². The number of hydrogen-bond acceptors (Lipinski definition) is 4. The third-order valence-electron chi connectivity index (χ3n) is 4.11. The minimum Gasteiger partial charge on any atom is -0.340 e. The second-order valence-electron chi connectivity index (χ2n) is 6.20. The molecule has 1 atom stereocenters. The summed E-state index contributed by atoms with van der Waals surface area (Å²) in [6.07, 6.45) is 2.53. The molecule has 0 fully saturated rings. The van der Waals surface area contributed by atoms with Gasteiger partial charge in [0, 0.05) is 12.7 Å². The Bertz CT molecular complexity index is 858. The van der Waals surface area contributed by atoms with Gasteiger partial charge in [0.15, 0.2) is 0 Å². The predicted octanol–water partition coefficient (Wildman–Crippen LogP) is 1.68. The number of carbonyl (C=O) groups is 3. The van der Waals surface area contributed by atoms with E-state index in [2.05, 4.69) is 21.0 Å². The van der Waals surface area contributed by atoms with E-state index < -0.39 is 11.9 Å². The van der Waals surface area contributed by atoms with Gasteiger partial charge in [-0.2, -0.15) is 5.10 Å². The molecule has 0 saturated carbocycles. The van der Waals surface area contributed by atoms with Crippen molar-refractivity contribution < 1.29 is 14.4 Å². The zero-order valence-corrected chi connectivity index (χ0v) is 14.7. The minimum absolute atomic E-state index is 0.163. The van der Waals surface area contributed by atoms with E-state index in [1.165, 1.54) is 0 Å². The third-order valence-corrected chi connectivity index (χ3v) is 4.11. The molecule has 3 N–H and O–H groups in total. The molecule has 1 aromatic heterocycles. The number of anilines is 2. The van der Waals surface area contributed by atoms with Crippen molar-refractivity contribution in [1.82, 2.24) is 15.1 Å². The number of aromatic nitrogens is 2. The highest BCUT2D eigenvalue weighted by Crippen LogP contribution is 2.19. The molecule has 2 aromatic rings. The first-order valence-corrected chi connectivity index (χ1v) is 8.52. The maximum absolute atomic E-state index is 12.4. The molecule has 8 nitrogen and oxygen atoms in total. The van der Waals surface area contributed by atoms with Crippen molar-refractivity contribution in [3.63, 3.8) is 0 Å². The Kier molecular flexibility index (Phi) is 5.01. The van der Waals surface area contributed by atoms with Crippen molar-refractivity contribution in [3.8, 4) is 0 Å². The summed E-state index contributed by atoms with van der Waals surface area (Å²) < 4.78 is 1.77. The molecule has 1 aliphatic rings. The fourth-order valence-corrected chi connectivity index (χ4v) is 2.83. The highest BCUT2D eigenvalue weighted by atomic mass is 16.2. The van der Waals surface area contributed by atoms with E-state index in [9.17, 15) is 14.4 Å². The summed E-state index contributed by atoms with van der Waals surface area (Å²) >= 11 is 0. The predicted molar refractivity (Wildman–Crippen MR) is 96.8 cm³/mol. The van der Waals surface area contributed by atoms with Gasteiger partial charge in [0.05, 0.1) is 29.1 Å². The van der Waals surface area contributed by atoms with Crippen LogP contribution in [0.1, 0.15) is 35.8 Å². The average Bonchev–Trinajstić information content (AvgIpc) is 2.88. The Balaban J connectivity index is 1.68. The van der Waals surface area contributed by atoms with Crippen molar-refractivity contribution >= 4 is 29.1 Å². The third kappa shape index (κ3) is 3.74. The number of hydrogen-bond donors (Lipinski definition) is 3. The molecule has 0 radical (unpaired) electrons. The van der Waals surface area contributed by atoms with Crippen LogP contribution in [0.3, 0.4) is 0 Å². The SMILES string of the molecule is CCCn1cc(NC(=O)C[C@H]2NC(=O)c3ccccc3NC2=O)c(C)n1. The summed E-state index contributed by atoms with van der Waals surface area (Å²) in [6.45, 7) is 4.61. The molecule has 0 saturated heterocycles. The van der Waals surface area contributed by atoms with E-state index in [1.807, 2.05) is 6.92 Å². The van der Waals surface area contributed by atoms with Crippen LogP contribution in [-0.2, 0) is 16.1 Å². The van der Waals surface area contributed by atoms with E-state index in [0.29, 0.717) is 22.6 Å². The number of carbonyl (C=O) groups excluding carboxylic acids is 3. The standard InChI is InChI=1S/C18H21N5O3/c1-3-8-23-10-15(11(2)22-23)19-16(24)9-14-18(26)20-13-7-5-4-6-12(13)17(25)21-14/h4-7,10,14H,3,8-9H2,1-2H3,(H,19,24)(H,20,26)(H,21,25)/t14-/m1/s1. The number of fused-ring (bicyclic) bond motifs is 1. The summed E-state index contributed by atoms with van der Waals surface area (Å²) in [5.74, 6) is -1.17. The van der Waals surface area contributed by atoms with Crippen molar-refractivity contribution in [3.05, 3.63) is 41.7 Å². The molecule has 0 unspecified atom stereocenters. The van der Waals surface area contributed by atoms with Crippen molar-refractivity contribution in [2.45, 2.75) is 39.3 Å². The number of nitrogens with one attached hydrogen (secondary N) is 3. The molecular formula is C18H21N5O3. The fraction of sp³-hybridized carbons (Fsp3) is 0.333. The lowest BCUT2D eigenvalue weighted by molar-refractivity contribution is -0.122. The van der Waals surface area contributed by atoms with Gasteiger partial charge in [-0.15, -0.1) is 0 Å². The second kappa shape index (κ2) is 7.38. The fourth-order valence-electron chi connectivity index (χ4n) is 2.83. The van der Waals surface area contributed by atoms with Crippen LogP contribution in [0.25, 0.3) is 0 Å². The van der Waals surface area contributed by atoms with E-state index in [0.717, 1.165) is 13.0 Å². The van der Waals surface area contributed by atoms with Gasteiger partial charge in [0.25, 0.3) is 5.91 Å². The molecule has 0 aliphatic carbocycles. The number of nitrogens with zero attached hydrogens (tertiary/aromatic N) is 2. The topological polar surface area (TPSA) is 105 Å². The van der Waals surface area contributed by atoms with Crippen LogP contribution in [0.15, 0.2) is 30.5 Å². The van der Waals surface area contributed by atoms with Gasteiger partial charge in [0.1, 0.15) is 6.04 Å². The quantitative estimate of drug-likeness (QED) is 0.759. The maximum atomic E-state index is 12.4. The number of aryl methyl sites for hydroxylation is 2. The van der Waals surface area contributed by atoms with Gasteiger partial charge in [0.2, 0.25) is 11.8 Å². The Labute approximate surface area is 151 Å². The van der Waals surface area contributed by atoms with Gasteiger partial charge < -0.3 is 16.0 Å². The van der Waals surface area contributed by atoms with Crippen LogP contribution in [0, 0.1) is 6.92 Å². The molecule has 1 aromatic carbocycles. The van der Waals surface area contributed by atoms with E-state index in [1.54, 1.807) is 42.1 Å². The summed E-state index contributed by atoms with van der Waals surface area (Å²) in [5, 5.41) is 12.4. The molecule has 0 spiro atoms. The molecule has 3 amide bonds. The highest BCUT2D eigenvalue weighted by molar-refractivity contribution is 6.11. The van der Waals surface area contributed by atoms with Crippen LogP contribution in [0.5, 0.6) is 0 Å². The summed E-state index contributed by atoms with van der Waals surface area (Å²) in [6, 6.07) is 5.78. The lowest BCUT2D eigenvalue weighted by Crippen LogP contribution is -2.43. The number of amides is 3. The van der Waals surface area contributed by atoms with Gasteiger partial charge in [-0.25, -0.2) is 0 Å². The Morgan fingerprint density at radius 1 is 1.31 bits per heavy atom. The van der Waals surface area contributed by atoms with Crippen molar-refractivity contribution in [2.24, 2.45) is 0 Å². The molecule has 3 rings (SSSR count). The Hall–Kier alpha value is -3.16. The Morgan fingerprint density at radius 3 is 2.85 bits per heavy atom. The number of rotatable bonds is 5. The van der Waals surface area contributed by atoms with E-state index in [4.69, 9.17) is 0 Å². The summed E-state index contributed by atoms with van der Waals surface area (Å²) in [7, 11) is 0. The normalized spacial score (nSPS) is 16.3.